The van der Waals surface area contributed by atoms with Crippen LogP contribution in [0.15, 0.2) is 36.4 Å². The van der Waals surface area contributed by atoms with Crippen LogP contribution in [0.4, 0.5) is 4.39 Å². The van der Waals surface area contributed by atoms with Crippen LogP contribution >= 0.6 is 11.6 Å². The minimum Gasteiger partial charge on any atom is -0.496 e. The van der Waals surface area contributed by atoms with Crippen LogP contribution in [-0.2, 0) is 0 Å². The molecule has 3 nitrogen and oxygen atoms in total. The van der Waals surface area contributed by atoms with Gasteiger partial charge in [0.05, 0.1) is 23.8 Å². The summed E-state index contributed by atoms with van der Waals surface area (Å²) >= 11 is 6.24. The first-order valence-corrected chi connectivity index (χ1v) is 6.94. The highest BCUT2D eigenvalue weighted by Gasteiger charge is 2.31. The lowest BCUT2D eigenvalue weighted by Gasteiger charge is -2.31. The van der Waals surface area contributed by atoms with Crippen LogP contribution in [0, 0.1) is 5.82 Å². The summed E-state index contributed by atoms with van der Waals surface area (Å²) in [5.41, 5.74) is 1.15. The number of benzene rings is 2. The molecule has 3 rings (SSSR count). The zero-order valence-electron chi connectivity index (χ0n) is 11.3. The van der Waals surface area contributed by atoms with Crippen molar-refractivity contribution in [3.05, 3.63) is 58.4 Å². The van der Waals surface area contributed by atoms with Crippen molar-refractivity contribution in [2.24, 2.45) is 0 Å². The van der Waals surface area contributed by atoms with Gasteiger partial charge in [-0.1, -0.05) is 17.7 Å². The number of ether oxygens (including phenoxy) is 2. The molecule has 1 aliphatic heterocycles. The third-order valence-corrected chi connectivity index (χ3v) is 3.92. The Hall–Kier alpha value is -1.78. The van der Waals surface area contributed by atoms with Gasteiger partial charge in [-0.15, -0.1) is 0 Å². The summed E-state index contributed by atoms with van der Waals surface area (Å²) < 4.78 is 24.5. The van der Waals surface area contributed by atoms with Crippen molar-refractivity contribution >= 4 is 11.6 Å². The molecule has 2 atom stereocenters. The predicted molar refractivity (Wildman–Crippen MR) is 77.3 cm³/mol. The van der Waals surface area contributed by atoms with Crippen LogP contribution in [0.5, 0.6) is 11.5 Å². The van der Waals surface area contributed by atoms with Crippen LogP contribution in [0.25, 0.3) is 0 Å². The largest absolute Gasteiger partial charge is 0.496 e. The zero-order chi connectivity index (χ0) is 15.0. The summed E-state index contributed by atoms with van der Waals surface area (Å²) in [6.07, 6.45) is -0.964. The van der Waals surface area contributed by atoms with Crippen molar-refractivity contribution in [3.63, 3.8) is 0 Å². The second-order valence-electron chi connectivity index (χ2n) is 4.90. The van der Waals surface area contributed by atoms with Gasteiger partial charge in [-0.3, -0.25) is 0 Å². The smallest absolute Gasteiger partial charge is 0.132 e. The molecule has 2 aromatic carbocycles. The van der Waals surface area contributed by atoms with E-state index < -0.39 is 18.0 Å². The lowest BCUT2D eigenvalue weighted by Crippen LogP contribution is -2.20. The van der Waals surface area contributed by atoms with Crippen molar-refractivity contribution in [3.8, 4) is 11.5 Å². The van der Waals surface area contributed by atoms with Crippen LogP contribution in [-0.4, -0.2) is 12.2 Å². The molecule has 5 heteroatoms. The molecular formula is C16H14ClFO3. The Morgan fingerprint density at radius 3 is 2.90 bits per heavy atom. The monoisotopic (exact) mass is 308 g/mol. The van der Waals surface area contributed by atoms with Crippen molar-refractivity contribution in [2.45, 2.75) is 18.6 Å². The van der Waals surface area contributed by atoms with E-state index in [0.29, 0.717) is 27.6 Å². The molecule has 0 bridgehead atoms. The number of hydrogen-bond donors (Lipinski definition) is 1. The Morgan fingerprint density at radius 2 is 2.14 bits per heavy atom. The van der Waals surface area contributed by atoms with Crippen molar-refractivity contribution in [1.29, 1.82) is 0 Å². The summed E-state index contributed by atoms with van der Waals surface area (Å²) in [7, 11) is 1.55. The van der Waals surface area contributed by atoms with E-state index in [1.165, 1.54) is 18.2 Å². The first kappa shape index (κ1) is 14.2. The molecule has 1 unspecified atom stereocenters. The molecule has 0 amide bonds. The third kappa shape index (κ3) is 2.57. The standard InChI is InChI=1S/C16H14ClFO3/c1-20-14-4-2-3-11(17)16(14)15-8-12(19)10-7-9(18)5-6-13(10)21-15/h2-7,12,15,19H,8H2,1H3/t12-,15?/m1/s1. The number of halogens is 2. The Balaban J connectivity index is 2.02. The van der Waals surface area contributed by atoms with E-state index >= 15 is 0 Å². The van der Waals surface area contributed by atoms with Gasteiger partial charge in [-0.2, -0.15) is 0 Å². The average molecular weight is 309 g/mol. The van der Waals surface area contributed by atoms with Crippen molar-refractivity contribution in [2.75, 3.05) is 7.11 Å². The van der Waals surface area contributed by atoms with E-state index in [2.05, 4.69) is 0 Å². The van der Waals surface area contributed by atoms with Gasteiger partial charge >= 0.3 is 0 Å². The molecule has 21 heavy (non-hydrogen) atoms. The molecular weight excluding hydrogens is 295 g/mol. The molecule has 1 heterocycles. The lowest BCUT2D eigenvalue weighted by atomic mass is 9.94. The minimum atomic E-state index is -0.810. The van der Waals surface area contributed by atoms with Gasteiger partial charge in [0.15, 0.2) is 0 Å². The van der Waals surface area contributed by atoms with Gasteiger partial charge in [0.2, 0.25) is 0 Å². The topological polar surface area (TPSA) is 38.7 Å². The van der Waals surface area contributed by atoms with E-state index in [4.69, 9.17) is 21.1 Å². The van der Waals surface area contributed by atoms with Gasteiger partial charge in [-0.05, 0) is 30.3 Å². The molecule has 0 saturated carbocycles. The molecule has 0 aromatic heterocycles. The van der Waals surface area contributed by atoms with Crippen LogP contribution in [0.1, 0.15) is 29.8 Å². The van der Waals surface area contributed by atoms with Gasteiger partial charge in [0.25, 0.3) is 0 Å². The predicted octanol–water partition coefficient (Wildman–Crippen LogP) is 4.04. The number of aliphatic hydroxyl groups is 1. The summed E-state index contributed by atoms with van der Waals surface area (Å²) in [6.45, 7) is 0. The second kappa shape index (κ2) is 5.54. The highest BCUT2D eigenvalue weighted by atomic mass is 35.5. The van der Waals surface area contributed by atoms with Crippen molar-refractivity contribution < 1.29 is 19.0 Å². The molecule has 0 radical (unpaired) electrons. The number of hydrogen-bond acceptors (Lipinski definition) is 3. The van der Waals surface area contributed by atoms with E-state index in [1.807, 2.05) is 0 Å². The number of rotatable bonds is 2. The molecule has 0 aliphatic carbocycles. The fourth-order valence-electron chi connectivity index (χ4n) is 2.60. The molecule has 110 valence electrons. The normalized spacial score (nSPS) is 20.6. The maximum atomic E-state index is 13.3. The molecule has 0 saturated heterocycles. The molecule has 1 N–H and O–H groups in total. The van der Waals surface area contributed by atoms with E-state index in [-0.39, 0.29) is 6.42 Å². The van der Waals surface area contributed by atoms with Gasteiger partial charge in [-0.25, -0.2) is 4.39 Å². The average Bonchev–Trinajstić information content (AvgIpc) is 2.47. The second-order valence-corrected chi connectivity index (χ2v) is 5.30. The quantitative estimate of drug-likeness (QED) is 0.910. The zero-order valence-corrected chi connectivity index (χ0v) is 12.1. The first-order valence-electron chi connectivity index (χ1n) is 6.56. The molecule has 0 spiro atoms. The van der Waals surface area contributed by atoms with Gasteiger partial charge in [0.1, 0.15) is 23.4 Å². The number of fused-ring (bicyclic) bond motifs is 1. The maximum absolute atomic E-state index is 13.3. The summed E-state index contributed by atoms with van der Waals surface area (Å²) in [4.78, 5) is 0. The maximum Gasteiger partial charge on any atom is 0.132 e. The fraction of sp³-hybridized carbons (Fsp3) is 0.250. The fourth-order valence-corrected chi connectivity index (χ4v) is 2.89. The van der Waals surface area contributed by atoms with Crippen LogP contribution in [0.3, 0.4) is 0 Å². The Morgan fingerprint density at radius 1 is 1.33 bits per heavy atom. The number of methoxy groups -OCH3 is 1. The van der Waals surface area contributed by atoms with E-state index in [1.54, 1.807) is 25.3 Å². The Bertz CT molecular complexity index is 675. The minimum absolute atomic E-state index is 0.288. The first-order chi connectivity index (χ1) is 10.1. The third-order valence-electron chi connectivity index (χ3n) is 3.59. The van der Waals surface area contributed by atoms with Gasteiger partial charge in [0, 0.05) is 12.0 Å². The SMILES string of the molecule is COc1cccc(Cl)c1C1C[C@@H](O)c2cc(F)ccc2O1. The van der Waals surface area contributed by atoms with E-state index in [0.717, 1.165) is 0 Å². The Kier molecular flexibility index (Phi) is 3.74. The lowest BCUT2D eigenvalue weighted by molar-refractivity contribution is 0.0642. The molecule has 1 aliphatic rings. The highest BCUT2D eigenvalue weighted by Crippen LogP contribution is 2.45. The van der Waals surface area contributed by atoms with Crippen molar-refractivity contribution in [1.82, 2.24) is 0 Å². The van der Waals surface area contributed by atoms with Crippen LogP contribution < -0.4 is 9.47 Å². The summed E-state index contributed by atoms with van der Waals surface area (Å²) in [5.74, 6) is 0.664. The number of aliphatic hydroxyl groups excluding tert-OH is 1. The van der Waals surface area contributed by atoms with Gasteiger partial charge < -0.3 is 14.6 Å². The Labute approximate surface area is 126 Å². The summed E-state index contributed by atoms with van der Waals surface area (Å²) in [5, 5.41) is 10.8. The van der Waals surface area contributed by atoms with E-state index in [9.17, 15) is 9.50 Å². The molecule has 0 fully saturated rings. The molecule has 2 aromatic rings. The highest BCUT2D eigenvalue weighted by molar-refractivity contribution is 6.31. The van der Waals surface area contributed by atoms with Crippen LogP contribution in [0.2, 0.25) is 5.02 Å². The summed E-state index contributed by atoms with van der Waals surface area (Å²) in [6, 6.07) is 9.43.